The number of aryl methyl sites for hydroxylation is 2. The molecule has 2 aliphatic rings. The van der Waals surface area contributed by atoms with E-state index in [4.69, 9.17) is 4.74 Å². The number of carbonyl (C=O) groups is 1. The summed E-state index contributed by atoms with van der Waals surface area (Å²) in [4.78, 5) is 12.2. The molecule has 1 saturated heterocycles. The lowest BCUT2D eigenvalue weighted by Gasteiger charge is -2.21. The highest BCUT2D eigenvalue weighted by Gasteiger charge is 2.32. The molecule has 0 saturated carbocycles. The molecule has 1 aromatic rings. The van der Waals surface area contributed by atoms with Crippen molar-refractivity contribution in [2.45, 2.75) is 37.7 Å². The quantitative estimate of drug-likeness (QED) is 0.877. The minimum absolute atomic E-state index is 0.112. The number of ether oxygens (including phenoxy) is 1. The lowest BCUT2D eigenvalue weighted by molar-refractivity contribution is 0.0264. The molecule has 108 valence electrons. The van der Waals surface area contributed by atoms with Gasteiger partial charge in [-0.3, -0.25) is 4.79 Å². The molecule has 1 heterocycles. The molecule has 1 amide bonds. The Balaban J connectivity index is 1.65. The Morgan fingerprint density at radius 3 is 2.85 bits per heavy atom. The zero-order valence-electron chi connectivity index (χ0n) is 11.7. The molecule has 1 unspecified atom stereocenters. The van der Waals surface area contributed by atoms with Crippen LogP contribution in [0.15, 0.2) is 18.2 Å². The highest BCUT2D eigenvalue weighted by atomic mass is 16.5. The summed E-state index contributed by atoms with van der Waals surface area (Å²) in [6, 6.07) is 5.95. The van der Waals surface area contributed by atoms with Gasteiger partial charge in [0.15, 0.2) is 0 Å². The van der Waals surface area contributed by atoms with E-state index >= 15 is 0 Å². The second-order valence-corrected chi connectivity index (χ2v) is 5.90. The Morgan fingerprint density at radius 2 is 2.10 bits per heavy atom. The number of hydrogen-bond donors (Lipinski definition) is 2. The van der Waals surface area contributed by atoms with Gasteiger partial charge in [0.2, 0.25) is 0 Å². The lowest BCUT2D eigenvalue weighted by Crippen LogP contribution is -2.43. The number of rotatable bonds is 3. The monoisotopic (exact) mass is 275 g/mol. The first-order chi connectivity index (χ1) is 9.66. The summed E-state index contributed by atoms with van der Waals surface area (Å²) in [5.74, 6) is -0.112. The SMILES string of the molecule is O=C(NCC1(O)CCOC1)c1ccc2c(c1)CCCC2. The number of aliphatic hydroxyl groups is 1. The number of hydrogen-bond acceptors (Lipinski definition) is 3. The Morgan fingerprint density at radius 1 is 1.30 bits per heavy atom. The molecule has 1 aliphatic carbocycles. The van der Waals surface area contributed by atoms with Crippen LogP contribution in [-0.2, 0) is 17.6 Å². The zero-order chi connectivity index (χ0) is 14.0. The molecule has 1 atom stereocenters. The largest absolute Gasteiger partial charge is 0.386 e. The third kappa shape index (κ3) is 2.86. The second-order valence-electron chi connectivity index (χ2n) is 5.90. The van der Waals surface area contributed by atoms with E-state index in [2.05, 4.69) is 11.4 Å². The van der Waals surface area contributed by atoms with Gasteiger partial charge in [-0.2, -0.15) is 0 Å². The molecule has 20 heavy (non-hydrogen) atoms. The first-order valence-corrected chi connectivity index (χ1v) is 7.36. The molecule has 4 heteroatoms. The van der Waals surface area contributed by atoms with E-state index in [-0.39, 0.29) is 12.5 Å². The highest BCUT2D eigenvalue weighted by Crippen LogP contribution is 2.22. The van der Waals surface area contributed by atoms with Gasteiger partial charge in [-0.1, -0.05) is 6.07 Å². The Labute approximate surface area is 119 Å². The molecule has 0 bridgehead atoms. The van der Waals surface area contributed by atoms with E-state index < -0.39 is 5.60 Å². The summed E-state index contributed by atoms with van der Waals surface area (Å²) in [5.41, 5.74) is 2.46. The minimum Gasteiger partial charge on any atom is -0.386 e. The first-order valence-electron chi connectivity index (χ1n) is 7.36. The van der Waals surface area contributed by atoms with Crippen molar-refractivity contribution in [3.63, 3.8) is 0 Å². The summed E-state index contributed by atoms with van der Waals surface area (Å²) in [6.07, 6.45) is 5.21. The molecular weight excluding hydrogens is 254 g/mol. The van der Waals surface area contributed by atoms with Crippen LogP contribution in [0.5, 0.6) is 0 Å². The summed E-state index contributed by atoms with van der Waals surface area (Å²) < 4.78 is 5.17. The molecule has 0 aromatic heterocycles. The van der Waals surface area contributed by atoms with Crippen molar-refractivity contribution >= 4 is 5.91 Å². The van der Waals surface area contributed by atoms with E-state index in [1.54, 1.807) is 0 Å². The number of fused-ring (bicyclic) bond motifs is 1. The predicted molar refractivity (Wildman–Crippen MR) is 75.8 cm³/mol. The Kier molecular flexibility index (Phi) is 3.76. The van der Waals surface area contributed by atoms with Gasteiger partial charge in [0, 0.05) is 25.1 Å². The van der Waals surface area contributed by atoms with E-state index in [1.807, 2.05) is 12.1 Å². The van der Waals surface area contributed by atoms with Crippen molar-refractivity contribution in [3.05, 3.63) is 34.9 Å². The van der Waals surface area contributed by atoms with Crippen molar-refractivity contribution in [2.75, 3.05) is 19.8 Å². The fraction of sp³-hybridized carbons (Fsp3) is 0.562. The lowest BCUT2D eigenvalue weighted by atomic mass is 9.90. The van der Waals surface area contributed by atoms with Crippen LogP contribution in [0.1, 0.15) is 40.7 Å². The molecule has 4 nitrogen and oxygen atoms in total. The van der Waals surface area contributed by atoms with Gasteiger partial charge in [0.05, 0.1) is 6.61 Å². The van der Waals surface area contributed by atoms with Crippen molar-refractivity contribution in [2.24, 2.45) is 0 Å². The van der Waals surface area contributed by atoms with Gasteiger partial charge in [-0.05, 0) is 48.9 Å². The van der Waals surface area contributed by atoms with E-state index in [1.165, 1.54) is 24.0 Å². The smallest absolute Gasteiger partial charge is 0.251 e. The standard InChI is InChI=1S/C16H21NO3/c18-15(17-10-16(19)7-8-20-11-16)14-6-5-12-3-1-2-4-13(12)9-14/h5-6,9,19H,1-4,7-8,10-11H2,(H,17,18). The zero-order valence-corrected chi connectivity index (χ0v) is 11.7. The van der Waals surface area contributed by atoms with Gasteiger partial charge >= 0.3 is 0 Å². The van der Waals surface area contributed by atoms with Crippen LogP contribution in [0.4, 0.5) is 0 Å². The van der Waals surface area contributed by atoms with Crippen molar-refractivity contribution in [3.8, 4) is 0 Å². The maximum Gasteiger partial charge on any atom is 0.251 e. The van der Waals surface area contributed by atoms with E-state index in [0.29, 0.717) is 25.2 Å². The summed E-state index contributed by atoms with van der Waals surface area (Å²) in [7, 11) is 0. The third-order valence-corrected chi connectivity index (χ3v) is 4.27. The molecule has 3 rings (SSSR count). The fourth-order valence-electron chi connectivity index (χ4n) is 2.96. The second kappa shape index (κ2) is 5.54. The van der Waals surface area contributed by atoms with Gasteiger partial charge in [0.25, 0.3) is 5.91 Å². The van der Waals surface area contributed by atoms with Crippen molar-refractivity contribution in [1.29, 1.82) is 0 Å². The molecule has 2 N–H and O–H groups in total. The third-order valence-electron chi connectivity index (χ3n) is 4.27. The topological polar surface area (TPSA) is 58.6 Å². The normalized spacial score (nSPS) is 25.2. The average Bonchev–Trinajstić information content (AvgIpc) is 2.91. The van der Waals surface area contributed by atoms with Crippen LogP contribution < -0.4 is 5.32 Å². The van der Waals surface area contributed by atoms with Crippen LogP contribution in [0.25, 0.3) is 0 Å². The molecule has 1 aliphatic heterocycles. The van der Waals surface area contributed by atoms with Crippen LogP contribution in [0.2, 0.25) is 0 Å². The van der Waals surface area contributed by atoms with Crippen LogP contribution in [0, 0.1) is 0 Å². The molecular formula is C16H21NO3. The summed E-state index contributed by atoms with van der Waals surface area (Å²) in [5, 5.41) is 13.0. The fourth-order valence-corrected chi connectivity index (χ4v) is 2.96. The number of benzene rings is 1. The van der Waals surface area contributed by atoms with E-state index in [9.17, 15) is 9.90 Å². The molecule has 1 aromatic carbocycles. The van der Waals surface area contributed by atoms with Crippen molar-refractivity contribution < 1.29 is 14.6 Å². The molecule has 1 fully saturated rings. The van der Waals surface area contributed by atoms with E-state index in [0.717, 1.165) is 12.8 Å². The number of amides is 1. The van der Waals surface area contributed by atoms with Crippen molar-refractivity contribution in [1.82, 2.24) is 5.32 Å². The van der Waals surface area contributed by atoms with Gasteiger partial charge in [-0.25, -0.2) is 0 Å². The maximum absolute atomic E-state index is 12.2. The number of nitrogens with one attached hydrogen (secondary N) is 1. The Bertz CT molecular complexity index is 506. The highest BCUT2D eigenvalue weighted by molar-refractivity contribution is 5.94. The predicted octanol–water partition coefficient (Wildman–Crippen LogP) is 1.45. The van der Waals surface area contributed by atoms with Crippen LogP contribution >= 0.6 is 0 Å². The van der Waals surface area contributed by atoms with Crippen LogP contribution in [0.3, 0.4) is 0 Å². The van der Waals surface area contributed by atoms with Gasteiger partial charge in [-0.15, -0.1) is 0 Å². The molecule has 0 spiro atoms. The summed E-state index contributed by atoms with van der Waals surface area (Å²) >= 11 is 0. The average molecular weight is 275 g/mol. The maximum atomic E-state index is 12.2. The van der Waals surface area contributed by atoms with Gasteiger partial charge < -0.3 is 15.2 Å². The summed E-state index contributed by atoms with van der Waals surface area (Å²) in [6.45, 7) is 1.12. The molecule has 0 radical (unpaired) electrons. The number of carbonyl (C=O) groups excluding carboxylic acids is 1. The van der Waals surface area contributed by atoms with Gasteiger partial charge in [0.1, 0.15) is 5.60 Å². The van der Waals surface area contributed by atoms with Crippen LogP contribution in [-0.4, -0.2) is 36.4 Å². The minimum atomic E-state index is -0.899. The Hall–Kier alpha value is -1.39. The first kappa shape index (κ1) is 13.6.